The van der Waals surface area contributed by atoms with Crippen molar-refractivity contribution in [2.75, 3.05) is 12.9 Å². The lowest BCUT2D eigenvalue weighted by molar-refractivity contribution is -0.148. The summed E-state index contributed by atoms with van der Waals surface area (Å²) in [6, 6.07) is 0.234. The molecule has 0 aliphatic carbocycles. The first-order valence-electron chi connectivity index (χ1n) is 6.66. The molecule has 0 amide bonds. The molecule has 1 aromatic heterocycles. The molecule has 1 heterocycles. The zero-order valence-corrected chi connectivity index (χ0v) is 14.4. The highest BCUT2D eigenvalue weighted by Gasteiger charge is 2.34. The topological polar surface area (TPSA) is 64.1 Å². The summed E-state index contributed by atoms with van der Waals surface area (Å²) in [5, 5.41) is 3.30. The summed E-state index contributed by atoms with van der Waals surface area (Å²) in [5.74, 6) is 1.53. The van der Waals surface area contributed by atoms with Gasteiger partial charge < -0.3 is 4.74 Å². The molecule has 1 N–H and O–H groups in total. The summed E-state index contributed by atoms with van der Waals surface area (Å²) < 4.78 is 10.0. The lowest BCUT2D eigenvalue weighted by atomic mass is 9.95. The molecule has 0 saturated heterocycles. The highest BCUT2D eigenvalue weighted by atomic mass is 32.2. The van der Waals surface area contributed by atoms with Gasteiger partial charge in [-0.15, -0.1) is 0 Å². The van der Waals surface area contributed by atoms with Crippen molar-refractivity contribution >= 4 is 29.3 Å². The average Bonchev–Trinajstić information content (AvgIpc) is 2.78. The standard InChI is InChI=1S/C13H23N3O2S2/c1-9(2)15-13(4,11(17)18-5)7-6-8-19-12-14-10(3)16-20-12/h9,15H,6-8H2,1-5H3. The van der Waals surface area contributed by atoms with Crippen LogP contribution in [0, 0.1) is 6.92 Å². The van der Waals surface area contributed by atoms with Crippen LogP contribution in [0.2, 0.25) is 0 Å². The second kappa shape index (κ2) is 7.95. The van der Waals surface area contributed by atoms with E-state index in [1.54, 1.807) is 11.8 Å². The molecular weight excluding hydrogens is 294 g/mol. The van der Waals surface area contributed by atoms with Crippen molar-refractivity contribution in [2.24, 2.45) is 0 Å². The second-order valence-electron chi connectivity index (χ2n) is 5.18. The first-order valence-corrected chi connectivity index (χ1v) is 8.42. The molecule has 0 aliphatic heterocycles. The Balaban J connectivity index is 2.44. The number of methoxy groups -OCH3 is 1. The van der Waals surface area contributed by atoms with Gasteiger partial charge in [-0.25, -0.2) is 4.98 Å². The van der Waals surface area contributed by atoms with E-state index in [1.807, 2.05) is 27.7 Å². The molecule has 7 heteroatoms. The van der Waals surface area contributed by atoms with Gasteiger partial charge in [-0.05, 0) is 52.1 Å². The second-order valence-corrected chi connectivity index (χ2v) is 7.28. The summed E-state index contributed by atoms with van der Waals surface area (Å²) in [6.45, 7) is 7.85. The Labute approximate surface area is 129 Å². The van der Waals surface area contributed by atoms with Gasteiger partial charge in [0, 0.05) is 11.8 Å². The zero-order valence-electron chi connectivity index (χ0n) is 12.7. The Hall–Kier alpha value is -0.660. The van der Waals surface area contributed by atoms with Gasteiger partial charge in [-0.1, -0.05) is 11.8 Å². The highest BCUT2D eigenvalue weighted by molar-refractivity contribution is 8.00. The number of aromatic nitrogens is 2. The van der Waals surface area contributed by atoms with Gasteiger partial charge in [0.2, 0.25) is 0 Å². The lowest BCUT2D eigenvalue weighted by Gasteiger charge is -2.30. The molecule has 0 aromatic carbocycles. The van der Waals surface area contributed by atoms with E-state index in [9.17, 15) is 4.79 Å². The number of thioether (sulfide) groups is 1. The summed E-state index contributed by atoms with van der Waals surface area (Å²) in [6.07, 6.45) is 1.65. The predicted molar refractivity (Wildman–Crippen MR) is 83.3 cm³/mol. The summed E-state index contributed by atoms with van der Waals surface area (Å²) in [7, 11) is 1.43. The quantitative estimate of drug-likeness (QED) is 0.452. The van der Waals surface area contributed by atoms with Gasteiger partial charge in [0.25, 0.3) is 0 Å². The molecular formula is C13H23N3O2S2. The fourth-order valence-corrected chi connectivity index (χ4v) is 3.67. The summed E-state index contributed by atoms with van der Waals surface area (Å²) in [4.78, 5) is 16.2. The van der Waals surface area contributed by atoms with E-state index >= 15 is 0 Å². The number of hydrogen-bond donors (Lipinski definition) is 1. The van der Waals surface area contributed by atoms with Gasteiger partial charge in [-0.3, -0.25) is 10.1 Å². The van der Waals surface area contributed by atoms with Crippen molar-refractivity contribution in [3.63, 3.8) is 0 Å². The molecule has 0 radical (unpaired) electrons. The van der Waals surface area contributed by atoms with E-state index in [0.29, 0.717) is 0 Å². The molecule has 0 spiro atoms. The number of aryl methyl sites for hydroxylation is 1. The first-order chi connectivity index (χ1) is 9.37. The van der Waals surface area contributed by atoms with Crippen LogP contribution in [0.3, 0.4) is 0 Å². The van der Waals surface area contributed by atoms with Crippen LogP contribution in [0.5, 0.6) is 0 Å². The number of hydrogen-bond acceptors (Lipinski definition) is 7. The number of esters is 1. The molecule has 0 aliphatic rings. The number of nitrogens with one attached hydrogen (secondary N) is 1. The van der Waals surface area contributed by atoms with Gasteiger partial charge in [0.15, 0.2) is 4.34 Å². The molecule has 5 nitrogen and oxygen atoms in total. The number of nitrogens with zero attached hydrogens (tertiary/aromatic N) is 2. The molecule has 114 valence electrons. The zero-order chi connectivity index (χ0) is 15.2. The van der Waals surface area contributed by atoms with Crippen LogP contribution in [0.4, 0.5) is 0 Å². The Morgan fingerprint density at radius 3 is 2.75 bits per heavy atom. The van der Waals surface area contributed by atoms with E-state index in [1.165, 1.54) is 18.6 Å². The van der Waals surface area contributed by atoms with Crippen LogP contribution in [0.15, 0.2) is 4.34 Å². The van der Waals surface area contributed by atoms with E-state index in [2.05, 4.69) is 14.7 Å². The van der Waals surface area contributed by atoms with Gasteiger partial charge in [-0.2, -0.15) is 4.37 Å². The van der Waals surface area contributed by atoms with Crippen LogP contribution in [-0.4, -0.2) is 39.8 Å². The molecule has 1 aromatic rings. The van der Waals surface area contributed by atoms with Gasteiger partial charge in [0.1, 0.15) is 11.4 Å². The van der Waals surface area contributed by atoms with Crippen LogP contribution in [-0.2, 0) is 9.53 Å². The molecule has 0 saturated carbocycles. The fraction of sp³-hybridized carbons (Fsp3) is 0.769. The Morgan fingerprint density at radius 2 is 2.25 bits per heavy atom. The lowest BCUT2D eigenvalue weighted by Crippen LogP contribution is -2.53. The minimum atomic E-state index is -0.624. The number of carbonyl (C=O) groups excluding carboxylic acids is 1. The largest absolute Gasteiger partial charge is 0.468 e. The molecule has 1 unspecified atom stereocenters. The number of carbonyl (C=O) groups is 1. The van der Waals surface area contributed by atoms with Crippen LogP contribution < -0.4 is 5.32 Å². The Morgan fingerprint density at radius 1 is 1.55 bits per heavy atom. The SMILES string of the molecule is COC(=O)C(C)(CCCSc1nc(C)ns1)NC(C)C. The molecule has 0 fully saturated rings. The predicted octanol–water partition coefficient (Wildman–Crippen LogP) is 2.65. The third-order valence-corrected chi connectivity index (χ3v) is 4.81. The highest BCUT2D eigenvalue weighted by Crippen LogP contribution is 2.23. The van der Waals surface area contributed by atoms with E-state index in [0.717, 1.165) is 28.8 Å². The average molecular weight is 317 g/mol. The number of ether oxygens (including phenoxy) is 1. The maximum absolute atomic E-state index is 11.9. The van der Waals surface area contributed by atoms with E-state index < -0.39 is 5.54 Å². The number of rotatable bonds is 8. The van der Waals surface area contributed by atoms with Crippen molar-refractivity contribution in [3.8, 4) is 0 Å². The van der Waals surface area contributed by atoms with Crippen LogP contribution in [0.1, 0.15) is 39.4 Å². The van der Waals surface area contributed by atoms with Crippen molar-refractivity contribution in [3.05, 3.63) is 5.82 Å². The molecule has 20 heavy (non-hydrogen) atoms. The van der Waals surface area contributed by atoms with Crippen molar-refractivity contribution in [1.82, 2.24) is 14.7 Å². The third kappa shape index (κ3) is 5.38. The maximum Gasteiger partial charge on any atom is 0.325 e. The molecule has 1 rings (SSSR count). The van der Waals surface area contributed by atoms with Crippen LogP contribution in [0.25, 0.3) is 0 Å². The molecule has 0 bridgehead atoms. The fourth-order valence-electron chi connectivity index (χ4n) is 2.02. The van der Waals surface area contributed by atoms with Crippen molar-refractivity contribution in [2.45, 2.75) is 56.5 Å². The third-order valence-electron chi connectivity index (χ3n) is 2.80. The van der Waals surface area contributed by atoms with Crippen molar-refractivity contribution < 1.29 is 9.53 Å². The van der Waals surface area contributed by atoms with E-state index in [4.69, 9.17) is 4.74 Å². The smallest absolute Gasteiger partial charge is 0.325 e. The van der Waals surface area contributed by atoms with Gasteiger partial charge >= 0.3 is 5.97 Å². The Bertz CT molecular complexity index is 437. The van der Waals surface area contributed by atoms with Crippen molar-refractivity contribution in [1.29, 1.82) is 0 Å². The first kappa shape index (κ1) is 17.4. The normalized spacial score (nSPS) is 14.3. The van der Waals surface area contributed by atoms with E-state index in [-0.39, 0.29) is 12.0 Å². The molecule has 1 atom stereocenters. The van der Waals surface area contributed by atoms with Crippen LogP contribution >= 0.6 is 23.3 Å². The Kier molecular flexibility index (Phi) is 6.91. The monoisotopic (exact) mass is 317 g/mol. The minimum absolute atomic E-state index is 0.206. The minimum Gasteiger partial charge on any atom is -0.468 e. The van der Waals surface area contributed by atoms with Gasteiger partial charge in [0.05, 0.1) is 7.11 Å². The maximum atomic E-state index is 11.9. The summed E-state index contributed by atoms with van der Waals surface area (Å²) >= 11 is 3.11. The summed E-state index contributed by atoms with van der Waals surface area (Å²) in [5.41, 5.74) is -0.624.